The van der Waals surface area contributed by atoms with Gasteiger partial charge >= 0.3 is 6.18 Å². The Balaban J connectivity index is 1.83. The number of amides is 2. The average molecular weight is 424 g/mol. The number of alkyl halides is 3. The molecule has 0 saturated carbocycles. The topological polar surface area (TPSA) is 72.6 Å². The summed E-state index contributed by atoms with van der Waals surface area (Å²) in [6, 6.07) is 9.49. The number of fused-ring (bicyclic) bond motifs is 1. The maximum Gasteiger partial charge on any atom is 0.416 e. The van der Waals surface area contributed by atoms with Crippen molar-refractivity contribution in [2.45, 2.75) is 29.7 Å². The van der Waals surface area contributed by atoms with Crippen molar-refractivity contribution >= 4 is 29.3 Å². The lowest BCUT2D eigenvalue weighted by molar-refractivity contribution is -0.137. The normalized spacial score (nSPS) is 16.7. The number of carbonyl (C=O) groups is 2. The number of hydrogen-bond acceptors (Lipinski definition) is 4. The molecule has 0 fully saturated rings. The van der Waals surface area contributed by atoms with E-state index in [1.54, 1.807) is 12.1 Å². The SMILES string of the molecule is CC1CCN(C(=O)COc2cccc(C(N)=O)c2)c2cc(C(F)(F)F)ccc2S1. The summed E-state index contributed by atoms with van der Waals surface area (Å²) in [6.45, 7) is 1.87. The molecule has 0 saturated heterocycles. The second-order valence-electron chi connectivity index (χ2n) is 6.62. The van der Waals surface area contributed by atoms with Gasteiger partial charge in [0.15, 0.2) is 6.61 Å². The second-order valence-corrected chi connectivity index (χ2v) is 8.10. The van der Waals surface area contributed by atoms with Crippen molar-refractivity contribution in [2.75, 3.05) is 18.1 Å². The molecule has 1 aliphatic heterocycles. The van der Waals surface area contributed by atoms with Crippen molar-refractivity contribution < 1.29 is 27.5 Å². The zero-order valence-electron chi connectivity index (χ0n) is 15.5. The van der Waals surface area contributed by atoms with E-state index in [-0.39, 0.29) is 35.4 Å². The Morgan fingerprint density at radius 2 is 2.00 bits per heavy atom. The first-order valence-electron chi connectivity index (χ1n) is 8.86. The van der Waals surface area contributed by atoms with Gasteiger partial charge in [0, 0.05) is 22.3 Å². The molecule has 2 N–H and O–H groups in total. The predicted octanol–water partition coefficient (Wildman–Crippen LogP) is 4.10. The van der Waals surface area contributed by atoms with Gasteiger partial charge in [-0.05, 0) is 42.8 Å². The Bertz CT molecular complexity index is 933. The third-order valence-electron chi connectivity index (χ3n) is 4.45. The minimum atomic E-state index is -4.50. The first-order valence-corrected chi connectivity index (χ1v) is 9.74. The molecule has 0 aromatic heterocycles. The highest BCUT2D eigenvalue weighted by Gasteiger charge is 2.33. The number of anilines is 1. The summed E-state index contributed by atoms with van der Waals surface area (Å²) in [5.41, 5.74) is 4.88. The summed E-state index contributed by atoms with van der Waals surface area (Å²) in [5, 5.41) is 0.149. The molecule has 154 valence electrons. The Hall–Kier alpha value is -2.68. The molecular weight excluding hydrogens is 405 g/mol. The van der Waals surface area contributed by atoms with E-state index in [0.29, 0.717) is 11.3 Å². The van der Waals surface area contributed by atoms with Crippen molar-refractivity contribution in [3.63, 3.8) is 0 Å². The van der Waals surface area contributed by atoms with Crippen LogP contribution in [0.5, 0.6) is 5.75 Å². The van der Waals surface area contributed by atoms with Crippen LogP contribution < -0.4 is 15.4 Å². The van der Waals surface area contributed by atoms with Gasteiger partial charge in [-0.1, -0.05) is 13.0 Å². The molecule has 1 atom stereocenters. The van der Waals surface area contributed by atoms with Crippen molar-refractivity contribution in [3.8, 4) is 5.75 Å². The number of thioether (sulfide) groups is 1. The first-order chi connectivity index (χ1) is 13.6. The van der Waals surface area contributed by atoms with Gasteiger partial charge in [-0.25, -0.2) is 0 Å². The van der Waals surface area contributed by atoms with E-state index in [1.807, 2.05) is 6.92 Å². The highest BCUT2D eigenvalue weighted by Crippen LogP contribution is 2.41. The number of nitrogens with zero attached hydrogens (tertiary/aromatic N) is 1. The second kappa shape index (κ2) is 8.36. The molecule has 29 heavy (non-hydrogen) atoms. The summed E-state index contributed by atoms with van der Waals surface area (Å²) in [6.07, 6.45) is -3.87. The van der Waals surface area contributed by atoms with Gasteiger partial charge in [-0.15, -0.1) is 11.8 Å². The molecule has 9 heteroatoms. The number of nitrogens with two attached hydrogens (primary N) is 1. The summed E-state index contributed by atoms with van der Waals surface area (Å²) < 4.78 is 45.0. The van der Waals surface area contributed by atoms with E-state index in [0.717, 1.165) is 12.1 Å². The fourth-order valence-electron chi connectivity index (χ4n) is 2.93. The summed E-state index contributed by atoms with van der Waals surface area (Å²) in [5.74, 6) is -0.824. The third kappa shape index (κ3) is 5.03. The van der Waals surface area contributed by atoms with Gasteiger partial charge in [0.25, 0.3) is 5.91 Å². The smallest absolute Gasteiger partial charge is 0.416 e. The molecule has 2 aromatic carbocycles. The van der Waals surface area contributed by atoms with Gasteiger partial charge in [0.2, 0.25) is 5.91 Å². The van der Waals surface area contributed by atoms with E-state index in [2.05, 4.69) is 0 Å². The molecule has 1 unspecified atom stereocenters. The standard InChI is InChI=1S/C20H19F3N2O3S/c1-12-7-8-25(16-10-14(20(21,22)23)5-6-17(16)29-12)18(26)11-28-15-4-2-3-13(9-15)19(24)27/h2-6,9-10,12H,7-8,11H2,1H3,(H2,24,27). The van der Waals surface area contributed by atoms with Crippen molar-refractivity contribution in [1.82, 2.24) is 0 Å². The predicted molar refractivity (Wildman–Crippen MR) is 104 cm³/mol. The van der Waals surface area contributed by atoms with Crippen LogP contribution in [0.15, 0.2) is 47.4 Å². The molecule has 0 aliphatic carbocycles. The van der Waals surface area contributed by atoms with Gasteiger partial charge in [0.05, 0.1) is 11.3 Å². The first kappa shape index (κ1) is 21.0. The zero-order chi connectivity index (χ0) is 21.2. The largest absolute Gasteiger partial charge is 0.484 e. The fourth-order valence-corrected chi connectivity index (χ4v) is 4.03. The van der Waals surface area contributed by atoms with Gasteiger partial charge in [-0.3, -0.25) is 9.59 Å². The fraction of sp³-hybridized carbons (Fsp3) is 0.300. The number of ether oxygens (including phenoxy) is 1. The Morgan fingerprint density at radius 3 is 2.69 bits per heavy atom. The van der Waals surface area contributed by atoms with Crippen LogP contribution in [-0.2, 0) is 11.0 Å². The van der Waals surface area contributed by atoms with E-state index in [9.17, 15) is 22.8 Å². The lowest BCUT2D eigenvalue weighted by Gasteiger charge is -2.23. The third-order valence-corrected chi connectivity index (χ3v) is 5.68. The van der Waals surface area contributed by atoms with E-state index < -0.39 is 23.6 Å². The number of benzene rings is 2. The van der Waals surface area contributed by atoms with Crippen LogP contribution in [0.3, 0.4) is 0 Å². The van der Waals surface area contributed by atoms with Crippen LogP contribution in [0.1, 0.15) is 29.3 Å². The number of carbonyl (C=O) groups excluding carboxylic acids is 2. The number of hydrogen-bond donors (Lipinski definition) is 1. The minimum absolute atomic E-state index is 0.149. The molecule has 1 heterocycles. The van der Waals surface area contributed by atoms with E-state index in [4.69, 9.17) is 10.5 Å². The Morgan fingerprint density at radius 1 is 1.24 bits per heavy atom. The maximum atomic E-state index is 13.2. The molecule has 1 aliphatic rings. The molecule has 2 aromatic rings. The molecule has 0 radical (unpaired) electrons. The minimum Gasteiger partial charge on any atom is -0.484 e. The number of halogens is 3. The lowest BCUT2D eigenvalue weighted by Crippen LogP contribution is -2.36. The monoisotopic (exact) mass is 424 g/mol. The molecule has 3 rings (SSSR count). The van der Waals surface area contributed by atoms with Crippen LogP contribution in [0, 0.1) is 0 Å². The average Bonchev–Trinajstić information content (AvgIpc) is 2.83. The van der Waals surface area contributed by atoms with Crippen LogP contribution in [0.4, 0.5) is 18.9 Å². The summed E-state index contributed by atoms with van der Waals surface area (Å²) >= 11 is 1.44. The molecular formula is C20H19F3N2O3S. The summed E-state index contributed by atoms with van der Waals surface area (Å²) in [4.78, 5) is 26.0. The van der Waals surface area contributed by atoms with Gasteiger partial charge in [-0.2, -0.15) is 13.2 Å². The van der Waals surface area contributed by atoms with E-state index in [1.165, 1.54) is 34.9 Å². The van der Waals surface area contributed by atoms with E-state index >= 15 is 0 Å². The molecule has 0 bridgehead atoms. The molecule has 2 amide bonds. The van der Waals surface area contributed by atoms with Crippen LogP contribution in [0.2, 0.25) is 0 Å². The quantitative estimate of drug-likeness (QED) is 0.802. The number of rotatable bonds is 4. The lowest BCUT2D eigenvalue weighted by atomic mass is 10.1. The summed E-state index contributed by atoms with van der Waals surface area (Å²) in [7, 11) is 0. The van der Waals surface area contributed by atoms with Crippen LogP contribution in [0.25, 0.3) is 0 Å². The Labute approximate surface area is 170 Å². The molecule has 5 nitrogen and oxygen atoms in total. The van der Waals surface area contributed by atoms with Crippen molar-refractivity contribution in [1.29, 1.82) is 0 Å². The van der Waals surface area contributed by atoms with Crippen LogP contribution in [-0.4, -0.2) is 30.2 Å². The van der Waals surface area contributed by atoms with Crippen molar-refractivity contribution in [3.05, 3.63) is 53.6 Å². The highest BCUT2D eigenvalue weighted by molar-refractivity contribution is 8.00. The van der Waals surface area contributed by atoms with Gasteiger partial charge in [0.1, 0.15) is 5.75 Å². The van der Waals surface area contributed by atoms with Crippen LogP contribution >= 0.6 is 11.8 Å². The molecule has 0 spiro atoms. The Kier molecular flexibility index (Phi) is 6.07. The zero-order valence-corrected chi connectivity index (χ0v) is 16.3. The highest BCUT2D eigenvalue weighted by atomic mass is 32.2. The van der Waals surface area contributed by atoms with Gasteiger partial charge < -0.3 is 15.4 Å². The van der Waals surface area contributed by atoms with Crippen molar-refractivity contribution in [2.24, 2.45) is 5.73 Å². The maximum absolute atomic E-state index is 13.2. The number of primary amides is 1.